The van der Waals surface area contributed by atoms with Crippen molar-refractivity contribution in [3.63, 3.8) is 0 Å². The van der Waals surface area contributed by atoms with E-state index in [1.54, 1.807) is 11.3 Å². The summed E-state index contributed by atoms with van der Waals surface area (Å²) in [5, 5.41) is 6.61. The van der Waals surface area contributed by atoms with Gasteiger partial charge in [0.15, 0.2) is 0 Å². The summed E-state index contributed by atoms with van der Waals surface area (Å²) in [5.41, 5.74) is 6.02. The minimum atomic E-state index is 0.115. The van der Waals surface area contributed by atoms with Crippen LogP contribution in [0.4, 0.5) is 5.00 Å². The van der Waals surface area contributed by atoms with Gasteiger partial charge in [-0.05, 0) is 30.4 Å². The Labute approximate surface area is 70.4 Å². The molecule has 0 saturated heterocycles. The van der Waals surface area contributed by atoms with Crippen LogP contribution < -0.4 is 11.1 Å². The van der Waals surface area contributed by atoms with Gasteiger partial charge in [-0.3, -0.25) is 0 Å². The number of anilines is 1. The first-order valence-electron chi connectivity index (χ1n) is 3.85. The molecular formula is C8H12N2S. The highest BCUT2D eigenvalue weighted by Crippen LogP contribution is 2.32. The van der Waals surface area contributed by atoms with Crippen LogP contribution in [-0.4, -0.2) is 12.1 Å². The van der Waals surface area contributed by atoms with Gasteiger partial charge < -0.3 is 11.1 Å². The number of thiophene rings is 1. The molecule has 0 unspecified atom stereocenters. The highest BCUT2D eigenvalue weighted by molar-refractivity contribution is 7.14. The molecule has 0 aromatic carbocycles. The third kappa shape index (κ3) is 1.73. The van der Waals surface area contributed by atoms with Gasteiger partial charge in [-0.15, -0.1) is 11.3 Å². The largest absolute Gasteiger partial charge is 0.375 e. The van der Waals surface area contributed by atoms with Crippen molar-refractivity contribution in [1.29, 1.82) is 0 Å². The van der Waals surface area contributed by atoms with E-state index in [9.17, 15) is 0 Å². The molecule has 0 atom stereocenters. The fraction of sp³-hybridized carbons (Fsp3) is 0.500. The molecule has 3 heteroatoms. The van der Waals surface area contributed by atoms with E-state index in [1.807, 2.05) is 6.07 Å². The van der Waals surface area contributed by atoms with Crippen LogP contribution in [0.2, 0.25) is 0 Å². The SMILES string of the molecule is NC1(CNc2cccs2)CC1. The maximum Gasteiger partial charge on any atom is 0.0883 e. The van der Waals surface area contributed by atoms with Gasteiger partial charge in [0.05, 0.1) is 5.00 Å². The summed E-state index contributed by atoms with van der Waals surface area (Å²) in [6, 6.07) is 4.12. The maximum atomic E-state index is 5.91. The summed E-state index contributed by atoms with van der Waals surface area (Å²) in [5.74, 6) is 0. The smallest absolute Gasteiger partial charge is 0.0883 e. The lowest BCUT2D eigenvalue weighted by Gasteiger charge is -2.08. The molecule has 0 radical (unpaired) electrons. The second-order valence-electron chi connectivity index (χ2n) is 3.19. The van der Waals surface area contributed by atoms with Gasteiger partial charge >= 0.3 is 0 Å². The molecule has 1 aliphatic rings. The lowest BCUT2D eigenvalue weighted by atomic mass is 10.3. The van der Waals surface area contributed by atoms with Crippen LogP contribution in [-0.2, 0) is 0 Å². The zero-order valence-electron chi connectivity index (χ0n) is 6.34. The van der Waals surface area contributed by atoms with Crippen LogP contribution in [0, 0.1) is 0 Å². The number of hydrogen-bond acceptors (Lipinski definition) is 3. The van der Waals surface area contributed by atoms with Crippen LogP contribution in [0.1, 0.15) is 12.8 Å². The second kappa shape index (κ2) is 2.50. The van der Waals surface area contributed by atoms with Crippen LogP contribution in [0.5, 0.6) is 0 Å². The summed E-state index contributed by atoms with van der Waals surface area (Å²) < 4.78 is 0. The number of nitrogens with two attached hydrogens (primary N) is 1. The van der Waals surface area contributed by atoms with Crippen molar-refractivity contribution in [2.24, 2.45) is 5.73 Å². The molecule has 2 nitrogen and oxygen atoms in total. The summed E-state index contributed by atoms with van der Waals surface area (Å²) in [6.07, 6.45) is 2.34. The summed E-state index contributed by atoms with van der Waals surface area (Å²) in [4.78, 5) is 0. The van der Waals surface area contributed by atoms with Gasteiger partial charge in [0.1, 0.15) is 0 Å². The van der Waals surface area contributed by atoms with Gasteiger partial charge in [0.2, 0.25) is 0 Å². The number of nitrogens with one attached hydrogen (secondary N) is 1. The van der Waals surface area contributed by atoms with E-state index < -0.39 is 0 Å². The first kappa shape index (κ1) is 7.13. The normalized spacial score (nSPS) is 19.7. The Hall–Kier alpha value is -0.540. The Bertz CT molecular complexity index is 226. The van der Waals surface area contributed by atoms with Crippen molar-refractivity contribution < 1.29 is 0 Å². The zero-order chi connectivity index (χ0) is 7.73. The van der Waals surface area contributed by atoms with Gasteiger partial charge in [-0.25, -0.2) is 0 Å². The van der Waals surface area contributed by atoms with E-state index >= 15 is 0 Å². The molecule has 11 heavy (non-hydrogen) atoms. The van der Waals surface area contributed by atoms with Gasteiger partial charge in [0, 0.05) is 12.1 Å². The van der Waals surface area contributed by atoms with E-state index in [-0.39, 0.29) is 5.54 Å². The third-order valence-corrected chi connectivity index (χ3v) is 2.86. The van der Waals surface area contributed by atoms with E-state index in [0.29, 0.717) is 0 Å². The maximum absolute atomic E-state index is 5.91. The molecule has 0 amide bonds. The molecule has 1 aliphatic carbocycles. The first-order valence-corrected chi connectivity index (χ1v) is 4.73. The van der Waals surface area contributed by atoms with Crippen LogP contribution >= 0.6 is 11.3 Å². The predicted molar refractivity (Wildman–Crippen MR) is 49.0 cm³/mol. The summed E-state index contributed by atoms with van der Waals surface area (Å²) >= 11 is 1.72. The summed E-state index contributed by atoms with van der Waals surface area (Å²) in [7, 11) is 0. The molecule has 3 N–H and O–H groups in total. The van der Waals surface area contributed by atoms with Crippen LogP contribution in [0.15, 0.2) is 17.5 Å². The summed E-state index contributed by atoms with van der Waals surface area (Å²) in [6.45, 7) is 0.924. The van der Waals surface area contributed by atoms with Gasteiger partial charge in [-0.1, -0.05) is 0 Å². The van der Waals surface area contributed by atoms with E-state index in [1.165, 1.54) is 17.8 Å². The third-order valence-electron chi connectivity index (χ3n) is 2.03. The molecular weight excluding hydrogens is 156 g/mol. The Morgan fingerprint density at radius 3 is 3.00 bits per heavy atom. The van der Waals surface area contributed by atoms with Crippen LogP contribution in [0.3, 0.4) is 0 Å². The van der Waals surface area contributed by atoms with E-state index in [4.69, 9.17) is 5.73 Å². The Balaban J connectivity index is 1.83. The highest BCUT2D eigenvalue weighted by Gasteiger charge is 2.37. The Morgan fingerprint density at radius 1 is 1.64 bits per heavy atom. The zero-order valence-corrected chi connectivity index (χ0v) is 7.16. The topological polar surface area (TPSA) is 38.0 Å². The second-order valence-corrected chi connectivity index (χ2v) is 4.14. The monoisotopic (exact) mass is 168 g/mol. The highest BCUT2D eigenvalue weighted by atomic mass is 32.1. The Morgan fingerprint density at radius 2 is 2.45 bits per heavy atom. The van der Waals surface area contributed by atoms with E-state index in [2.05, 4.69) is 16.8 Å². The van der Waals surface area contributed by atoms with Crippen molar-refractivity contribution in [2.45, 2.75) is 18.4 Å². The van der Waals surface area contributed by atoms with Crippen molar-refractivity contribution in [1.82, 2.24) is 0 Å². The molecule has 2 rings (SSSR count). The molecule has 0 bridgehead atoms. The average Bonchev–Trinajstić information content (AvgIpc) is 2.53. The van der Waals surface area contributed by atoms with Crippen LogP contribution in [0.25, 0.3) is 0 Å². The predicted octanol–water partition coefficient (Wildman–Crippen LogP) is 1.65. The molecule has 0 spiro atoms. The minimum absolute atomic E-state index is 0.115. The lowest BCUT2D eigenvalue weighted by Crippen LogP contribution is -2.30. The fourth-order valence-electron chi connectivity index (χ4n) is 0.980. The average molecular weight is 168 g/mol. The molecule has 1 aromatic rings. The Kier molecular flexibility index (Phi) is 1.62. The standard InChI is InChI=1S/C8H12N2S/c9-8(3-4-8)6-10-7-2-1-5-11-7/h1-2,5,10H,3-4,6,9H2. The molecule has 60 valence electrons. The number of rotatable bonds is 3. The molecule has 0 aliphatic heterocycles. The lowest BCUT2D eigenvalue weighted by molar-refractivity contribution is 0.715. The number of hydrogen-bond donors (Lipinski definition) is 2. The molecule has 1 aromatic heterocycles. The first-order chi connectivity index (χ1) is 5.29. The van der Waals surface area contributed by atoms with Gasteiger partial charge in [0.25, 0.3) is 0 Å². The van der Waals surface area contributed by atoms with Crippen molar-refractivity contribution in [3.05, 3.63) is 17.5 Å². The quantitative estimate of drug-likeness (QED) is 0.720. The molecule has 1 heterocycles. The van der Waals surface area contributed by atoms with Crippen molar-refractivity contribution in [2.75, 3.05) is 11.9 Å². The molecule has 1 fully saturated rings. The molecule has 1 saturated carbocycles. The van der Waals surface area contributed by atoms with Crippen molar-refractivity contribution >= 4 is 16.3 Å². The van der Waals surface area contributed by atoms with Gasteiger partial charge in [-0.2, -0.15) is 0 Å². The van der Waals surface area contributed by atoms with Crippen molar-refractivity contribution in [3.8, 4) is 0 Å². The fourth-order valence-corrected chi connectivity index (χ4v) is 1.60. The van der Waals surface area contributed by atoms with E-state index in [0.717, 1.165) is 6.54 Å². The minimum Gasteiger partial charge on any atom is -0.375 e.